The summed E-state index contributed by atoms with van der Waals surface area (Å²) in [6, 6.07) is 44.4. The fraction of sp³-hybridized carbons (Fsp3) is 0.160. The van der Waals surface area contributed by atoms with Crippen molar-refractivity contribution in [2.24, 2.45) is 5.92 Å². The van der Waals surface area contributed by atoms with Crippen LogP contribution in [-0.4, -0.2) is 6.04 Å². The van der Waals surface area contributed by atoms with Gasteiger partial charge >= 0.3 is 0 Å². The zero-order valence-electron chi connectivity index (χ0n) is 30.8. The Morgan fingerprint density at radius 2 is 1.13 bits per heavy atom. The molecular formula is C50H48N2. The second-order valence-corrected chi connectivity index (χ2v) is 14.2. The van der Waals surface area contributed by atoms with Crippen molar-refractivity contribution in [3.63, 3.8) is 0 Å². The maximum absolute atomic E-state index is 2.47. The highest BCUT2D eigenvalue weighted by Gasteiger charge is 2.21. The summed E-state index contributed by atoms with van der Waals surface area (Å²) in [6.07, 6.45) is 24.7. The van der Waals surface area contributed by atoms with E-state index < -0.39 is 0 Å². The lowest BCUT2D eigenvalue weighted by atomic mass is 9.95. The van der Waals surface area contributed by atoms with Crippen molar-refractivity contribution in [1.29, 1.82) is 0 Å². The van der Waals surface area contributed by atoms with Crippen LogP contribution in [0, 0.1) is 26.7 Å². The van der Waals surface area contributed by atoms with Crippen molar-refractivity contribution in [2.45, 2.75) is 46.6 Å². The number of hydrogen-bond acceptors (Lipinski definition) is 2. The van der Waals surface area contributed by atoms with Crippen LogP contribution in [0.5, 0.6) is 0 Å². The minimum absolute atomic E-state index is 0.297. The number of hydrogen-bond donors (Lipinski definition) is 0. The normalized spacial score (nSPS) is 17.0. The summed E-state index contributed by atoms with van der Waals surface area (Å²) in [5.41, 5.74) is 14.8. The molecule has 0 radical (unpaired) electrons. The highest BCUT2D eigenvalue weighted by Crippen LogP contribution is 2.36. The van der Waals surface area contributed by atoms with Crippen molar-refractivity contribution in [2.75, 3.05) is 9.80 Å². The Hall–Kier alpha value is -5.86. The van der Waals surface area contributed by atoms with Gasteiger partial charge in [-0.3, -0.25) is 0 Å². The van der Waals surface area contributed by atoms with Crippen molar-refractivity contribution in [3.05, 3.63) is 209 Å². The minimum atomic E-state index is 0.297. The van der Waals surface area contributed by atoms with E-state index in [0.717, 1.165) is 18.5 Å². The van der Waals surface area contributed by atoms with Crippen molar-refractivity contribution in [1.82, 2.24) is 0 Å². The molecule has 5 aromatic carbocycles. The third-order valence-corrected chi connectivity index (χ3v) is 9.86. The Labute approximate surface area is 310 Å². The molecule has 0 aromatic heterocycles. The van der Waals surface area contributed by atoms with Crippen LogP contribution in [-0.2, 0) is 0 Å². The molecule has 0 spiro atoms. The molecule has 2 atom stereocenters. The topological polar surface area (TPSA) is 6.48 Å². The van der Waals surface area contributed by atoms with E-state index in [-0.39, 0.29) is 0 Å². The predicted molar refractivity (Wildman–Crippen MR) is 225 cm³/mol. The number of rotatable bonds is 10. The maximum atomic E-state index is 2.47. The molecule has 7 rings (SSSR count). The molecule has 2 nitrogen and oxygen atoms in total. The van der Waals surface area contributed by atoms with Gasteiger partial charge in [-0.05, 0) is 141 Å². The fourth-order valence-electron chi connectivity index (χ4n) is 7.11. The van der Waals surface area contributed by atoms with E-state index >= 15 is 0 Å². The molecule has 0 amide bonds. The monoisotopic (exact) mass is 676 g/mol. The van der Waals surface area contributed by atoms with Gasteiger partial charge in [0.15, 0.2) is 0 Å². The first kappa shape index (κ1) is 34.6. The summed E-state index contributed by atoms with van der Waals surface area (Å²) in [6.45, 7) is 8.68. The summed E-state index contributed by atoms with van der Waals surface area (Å²) < 4.78 is 0. The first-order chi connectivity index (χ1) is 25.4. The van der Waals surface area contributed by atoms with E-state index in [1.807, 2.05) is 0 Å². The summed E-state index contributed by atoms with van der Waals surface area (Å²) >= 11 is 0. The summed E-state index contributed by atoms with van der Waals surface area (Å²) in [5.74, 6) is 0.382. The first-order valence-corrected chi connectivity index (χ1v) is 18.5. The van der Waals surface area contributed by atoms with Crippen molar-refractivity contribution >= 4 is 40.6 Å². The van der Waals surface area contributed by atoms with E-state index in [1.54, 1.807) is 0 Å². The number of nitrogens with zero attached hydrogens (tertiary/aromatic N) is 2. The molecule has 258 valence electrons. The smallest absolute Gasteiger partial charge is 0.0562 e. The fourth-order valence-corrected chi connectivity index (χ4v) is 7.11. The van der Waals surface area contributed by atoms with Crippen molar-refractivity contribution in [3.8, 4) is 0 Å². The minimum Gasteiger partial charge on any atom is -0.334 e. The largest absolute Gasteiger partial charge is 0.334 e. The molecule has 2 aliphatic rings. The van der Waals surface area contributed by atoms with Crippen LogP contribution in [0.15, 0.2) is 181 Å². The highest BCUT2D eigenvalue weighted by molar-refractivity contribution is 5.77. The van der Waals surface area contributed by atoms with Gasteiger partial charge in [0.05, 0.1) is 6.04 Å². The van der Waals surface area contributed by atoms with E-state index in [1.165, 1.54) is 61.7 Å². The first-order valence-electron chi connectivity index (χ1n) is 18.5. The second kappa shape index (κ2) is 16.0. The summed E-state index contributed by atoms with van der Waals surface area (Å²) in [5, 5.41) is 0. The Kier molecular flexibility index (Phi) is 10.6. The van der Waals surface area contributed by atoms with Crippen molar-refractivity contribution < 1.29 is 0 Å². The molecule has 2 aliphatic carbocycles. The Morgan fingerprint density at radius 3 is 1.71 bits per heavy atom. The number of benzene rings is 5. The number of anilines is 5. The van der Waals surface area contributed by atoms with Crippen LogP contribution in [0.3, 0.4) is 0 Å². The molecule has 0 aliphatic heterocycles. The van der Waals surface area contributed by atoms with Gasteiger partial charge in [0.25, 0.3) is 0 Å². The van der Waals surface area contributed by atoms with Gasteiger partial charge in [0.2, 0.25) is 0 Å². The third-order valence-electron chi connectivity index (χ3n) is 9.86. The average Bonchev–Trinajstić information content (AvgIpc) is 3.15. The Morgan fingerprint density at radius 1 is 0.558 bits per heavy atom. The molecule has 2 heteroatoms. The summed E-state index contributed by atoms with van der Waals surface area (Å²) in [7, 11) is 0. The van der Waals surface area contributed by atoms with Crippen LogP contribution < -0.4 is 9.80 Å². The molecule has 0 heterocycles. The van der Waals surface area contributed by atoms with Gasteiger partial charge in [0.1, 0.15) is 0 Å². The van der Waals surface area contributed by atoms with Gasteiger partial charge in [-0.25, -0.2) is 0 Å². The molecule has 0 fully saturated rings. The molecule has 0 saturated heterocycles. The third kappa shape index (κ3) is 8.53. The molecular weight excluding hydrogens is 629 g/mol. The molecule has 0 bridgehead atoms. The zero-order valence-corrected chi connectivity index (χ0v) is 30.8. The molecule has 52 heavy (non-hydrogen) atoms. The van der Waals surface area contributed by atoms with Crippen LogP contribution in [0.25, 0.3) is 12.2 Å². The second-order valence-electron chi connectivity index (χ2n) is 14.2. The standard InChI is InChI=1S/C50H48N2/c1-37-9-5-13-47(33-37)51(48-14-6-10-38(2)34-48)45-29-25-43(26-30-45)23-21-41-17-19-42(20-18-41)22-24-44-27-31-46(32-28-44)52(49-15-7-11-39(3)35-49)50-16-8-12-40(4)36-50/h5-19,21-33,35-36,42,48H,20,34H2,1-4H3/b23-21-,24-22-. The van der Waals surface area contributed by atoms with Gasteiger partial charge < -0.3 is 9.80 Å². The van der Waals surface area contributed by atoms with Crippen LogP contribution in [0.1, 0.15) is 47.6 Å². The van der Waals surface area contributed by atoms with E-state index in [4.69, 9.17) is 0 Å². The van der Waals surface area contributed by atoms with E-state index in [2.05, 4.69) is 220 Å². The molecule has 0 N–H and O–H groups in total. The lowest BCUT2D eigenvalue weighted by Gasteiger charge is -2.34. The van der Waals surface area contributed by atoms with E-state index in [9.17, 15) is 0 Å². The van der Waals surface area contributed by atoms with Crippen LogP contribution in [0.2, 0.25) is 0 Å². The Bertz CT molecular complexity index is 2140. The van der Waals surface area contributed by atoms with E-state index in [0.29, 0.717) is 12.0 Å². The lowest BCUT2D eigenvalue weighted by Crippen LogP contribution is -2.30. The Balaban J connectivity index is 0.988. The number of allylic oxidation sites excluding steroid dienone is 8. The molecule has 2 unspecified atom stereocenters. The lowest BCUT2D eigenvalue weighted by molar-refractivity contribution is 0.757. The summed E-state index contributed by atoms with van der Waals surface area (Å²) in [4.78, 5) is 4.80. The molecule has 0 saturated carbocycles. The SMILES string of the molecule is CC1=CC=CC(N(c2ccc(/C=C\C3=CCC(/C=C\c4ccc(N(c5cccc(C)c5)c5cccc(C)c5)cc4)C=C3)cc2)c2cccc(C)c2)C1. The van der Waals surface area contributed by atoms with Crippen LogP contribution >= 0.6 is 0 Å². The van der Waals surface area contributed by atoms with Crippen LogP contribution in [0.4, 0.5) is 28.4 Å². The van der Waals surface area contributed by atoms with Gasteiger partial charge in [-0.2, -0.15) is 0 Å². The van der Waals surface area contributed by atoms with Gasteiger partial charge in [0, 0.05) is 28.4 Å². The predicted octanol–water partition coefficient (Wildman–Crippen LogP) is 13.7. The quantitative estimate of drug-likeness (QED) is 0.145. The van der Waals surface area contributed by atoms with Gasteiger partial charge in [-0.15, -0.1) is 0 Å². The maximum Gasteiger partial charge on any atom is 0.0562 e. The highest BCUT2D eigenvalue weighted by atomic mass is 15.2. The average molecular weight is 677 g/mol. The number of aryl methyl sites for hydroxylation is 3. The zero-order chi connectivity index (χ0) is 35.9. The van der Waals surface area contributed by atoms with Gasteiger partial charge in [-0.1, -0.05) is 127 Å². The molecule has 5 aromatic rings.